The second-order valence-electron chi connectivity index (χ2n) is 4.57. The van der Waals surface area contributed by atoms with E-state index in [2.05, 4.69) is 5.32 Å². The number of amides is 1. The summed E-state index contributed by atoms with van der Waals surface area (Å²) in [5.41, 5.74) is 1.71. The van der Waals surface area contributed by atoms with Crippen LogP contribution in [-0.4, -0.2) is 5.91 Å². The lowest BCUT2D eigenvalue weighted by molar-refractivity contribution is -0.123. The highest BCUT2D eigenvalue weighted by Crippen LogP contribution is 2.17. The van der Waals surface area contributed by atoms with Gasteiger partial charge in [0.15, 0.2) is 0 Å². The van der Waals surface area contributed by atoms with Gasteiger partial charge >= 0.3 is 0 Å². The molecule has 0 bridgehead atoms. The lowest BCUT2D eigenvalue weighted by atomic mass is 9.95. The highest BCUT2D eigenvalue weighted by Gasteiger charge is 2.20. The zero-order valence-electron chi connectivity index (χ0n) is 9.22. The fraction of sp³-hybridized carbons (Fsp3) is 0.417. The number of anilines is 1. The number of carbonyl (C=O) groups is 1. The lowest BCUT2D eigenvalue weighted by Crippen LogP contribution is -2.27. The molecule has 0 atom stereocenters. The van der Waals surface area contributed by atoms with Crippen molar-refractivity contribution in [2.45, 2.75) is 27.7 Å². The number of carbonyl (C=O) groups excluding carboxylic acids is 1. The first-order valence-corrected chi connectivity index (χ1v) is 4.78. The van der Waals surface area contributed by atoms with Crippen molar-refractivity contribution < 1.29 is 4.79 Å². The number of benzene rings is 1. The summed E-state index contributed by atoms with van der Waals surface area (Å²) in [5.74, 6) is 0.0429. The van der Waals surface area contributed by atoms with Gasteiger partial charge in [-0.2, -0.15) is 0 Å². The van der Waals surface area contributed by atoms with Crippen molar-refractivity contribution in [1.29, 1.82) is 0 Å². The smallest absolute Gasteiger partial charge is 0.229 e. The predicted molar refractivity (Wildman–Crippen MR) is 59.3 cm³/mol. The van der Waals surface area contributed by atoms with Crippen molar-refractivity contribution in [3.05, 3.63) is 29.8 Å². The summed E-state index contributed by atoms with van der Waals surface area (Å²) in [6.07, 6.45) is 0. The van der Waals surface area contributed by atoms with Crippen LogP contribution in [0.5, 0.6) is 0 Å². The molecule has 2 heteroatoms. The Labute approximate surface area is 85.3 Å². The summed E-state index contributed by atoms with van der Waals surface area (Å²) in [5, 5.41) is 2.87. The molecule has 0 heterocycles. The maximum Gasteiger partial charge on any atom is 0.229 e. The van der Waals surface area contributed by atoms with Crippen molar-refractivity contribution in [2.24, 2.45) is 5.41 Å². The molecule has 14 heavy (non-hydrogen) atoms. The van der Waals surface area contributed by atoms with E-state index in [9.17, 15) is 4.79 Å². The van der Waals surface area contributed by atoms with Gasteiger partial charge in [-0.05, 0) is 19.1 Å². The van der Waals surface area contributed by atoms with Crippen LogP contribution in [0.1, 0.15) is 26.3 Å². The fourth-order valence-electron chi connectivity index (χ4n) is 0.955. The molecule has 0 saturated carbocycles. The third kappa shape index (κ3) is 2.87. The van der Waals surface area contributed by atoms with Crippen LogP contribution < -0.4 is 5.32 Å². The Hall–Kier alpha value is -1.31. The summed E-state index contributed by atoms with van der Waals surface area (Å²) in [4.78, 5) is 11.6. The molecular weight excluding hydrogens is 174 g/mol. The molecule has 76 valence electrons. The third-order valence-electron chi connectivity index (χ3n) is 1.99. The molecule has 0 aromatic heterocycles. The van der Waals surface area contributed by atoms with Crippen LogP contribution in [0, 0.1) is 12.3 Å². The molecule has 0 spiro atoms. The number of aryl methyl sites for hydroxylation is 1. The Morgan fingerprint density at radius 2 is 1.64 bits per heavy atom. The molecule has 1 amide bonds. The van der Waals surface area contributed by atoms with Crippen LogP contribution >= 0.6 is 0 Å². The quantitative estimate of drug-likeness (QED) is 0.726. The normalized spacial score (nSPS) is 11.1. The molecule has 0 aliphatic carbocycles. The van der Waals surface area contributed by atoms with E-state index in [-0.39, 0.29) is 11.3 Å². The highest BCUT2D eigenvalue weighted by atomic mass is 16.2. The van der Waals surface area contributed by atoms with Gasteiger partial charge < -0.3 is 5.32 Å². The minimum atomic E-state index is -0.342. The van der Waals surface area contributed by atoms with Crippen LogP contribution in [0.25, 0.3) is 0 Å². The van der Waals surface area contributed by atoms with Crippen molar-refractivity contribution in [3.63, 3.8) is 0 Å². The summed E-state index contributed by atoms with van der Waals surface area (Å²) >= 11 is 0. The topological polar surface area (TPSA) is 29.1 Å². The zero-order chi connectivity index (χ0) is 10.8. The van der Waals surface area contributed by atoms with Crippen molar-refractivity contribution in [1.82, 2.24) is 0 Å². The average Bonchev–Trinajstić information content (AvgIpc) is 2.07. The summed E-state index contributed by atoms with van der Waals surface area (Å²) < 4.78 is 0. The van der Waals surface area contributed by atoms with Gasteiger partial charge in [-0.25, -0.2) is 0 Å². The maximum atomic E-state index is 11.6. The molecule has 1 aromatic rings. The van der Waals surface area contributed by atoms with E-state index in [1.807, 2.05) is 52.0 Å². The van der Waals surface area contributed by atoms with Crippen LogP contribution in [0.3, 0.4) is 0 Å². The molecule has 0 unspecified atom stereocenters. The van der Waals surface area contributed by atoms with E-state index in [0.29, 0.717) is 0 Å². The largest absolute Gasteiger partial charge is 0.326 e. The number of hydrogen-bond acceptors (Lipinski definition) is 1. The molecule has 0 radical (unpaired) electrons. The van der Waals surface area contributed by atoms with Crippen molar-refractivity contribution >= 4 is 11.6 Å². The van der Waals surface area contributed by atoms with E-state index in [1.54, 1.807) is 0 Å². The van der Waals surface area contributed by atoms with Gasteiger partial charge in [-0.15, -0.1) is 0 Å². The van der Waals surface area contributed by atoms with E-state index in [1.165, 1.54) is 5.56 Å². The molecule has 1 N–H and O–H groups in total. The monoisotopic (exact) mass is 191 g/mol. The fourth-order valence-corrected chi connectivity index (χ4v) is 0.955. The molecular formula is C12H17NO. The molecule has 0 saturated heterocycles. The van der Waals surface area contributed by atoms with Gasteiger partial charge in [0, 0.05) is 11.1 Å². The van der Waals surface area contributed by atoms with Crippen LogP contribution in [0.15, 0.2) is 24.3 Å². The average molecular weight is 191 g/mol. The first-order chi connectivity index (χ1) is 6.39. The van der Waals surface area contributed by atoms with Gasteiger partial charge in [0.05, 0.1) is 0 Å². The number of rotatable bonds is 1. The van der Waals surface area contributed by atoms with Gasteiger partial charge in [0.1, 0.15) is 0 Å². The Balaban J connectivity index is 2.71. The molecule has 1 aromatic carbocycles. The minimum Gasteiger partial charge on any atom is -0.326 e. The molecule has 0 aliphatic heterocycles. The van der Waals surface area contributed by atoms with Crippen molar-refractivity contribution in [3.8, 4) is 0 Å². The maximum absolute atomic E-state index is 11.6. The van der Waals surface area contributed by atoms with Crippen molar-refractivity contribution in [2.75, 3.05) is 5.32 Å². The van der Waals surface area contributed by atoms with Gasteiger partial charge in [-0.3, -0.25) is 4.79 Å². The minimum absolute atomic E-state index is 0.0429. The first kappa shape index (κ1) is 10.8. The summed E-state index contributed by atoms with van der Waals surface area (Å²) in [6.45, 7) is 7.72. The Morgan fingerprint density at radius 3 is 2.07 bits per heavy atom. The third-order valence-corrected chi connectivity index (χ3v) is 1.99. The van der Waals surface area contributed by atoms with Crippen LogP contribution in [0.2, 0.25) is 0 Å². The van der Waals surface area contributed by atoms with E-state index >= 15 is 0 Å². The summed E-state index contributed by atoms with van der Waals surface area (Å²) in [6, 6.07) is 7.80. The summed E-state index contributed by atoms with van der Waals surface area (Å²) in [7, 11) is 0. The van der Waals surface area contributed by atoms with Crippen LogP contribution in [0.4, 0.5) is 5.69 Å². The zero-order valence-corrected chi connectivity index (χ0v) is 9.22. The second-order valence-corrected chi connectivity index (χ2v) is 4.57. The standard InChI is InChI=1S/C12H17NO/c1-9-5-7-10(8-6-9)13-11(14)12(2,3)4/h5-8H,1-4H3,(H,13,14). The lowest BCUT2D eigenvalue weighted by Gasteiger charge is -2.17. The number of nitrogens with one attached hydrogen (secondary N) is 1. The molecule has 1 rings (SSSR count). The predicted octanol–water partition coefficient (Wildman–Crippen LogP) is 2.98. The van der Waals surface area contributed by atoms with Gasteiger partial charge in [-0.1, -0.05) is 38.5 Å². The molecule has 0 aliphatic rings. The highest BCUT2D eigenvalue weighted by molar-refractivity contribution is 5.94. The van der Waals surface area contributed by atoms with Crippen LogP contribution in [-0.2, 0) is 4.79 Å². The van der Waals surface area contributed by atoms with E-state index in [4.69, 9.17) is 0 Å². The Bertz CT molecular complexity index is 319. The van der Waals surface area contributed by atoms with E-state index in [0.717, 1.165) is 5.69 Å². The molecule has 0 fully saturated rings. The number of hydrogen-bond donors (Lipinski definition) is 1. The first-order valence-electron chi connectivity index (χ1n) is 4.78. The Morgan fingerprint density at radius 1 is 1.14 bits per heavy atom. The Kier molecular flexibility index (Phi) is 2.94. The SMILES string of the molecule is Cc1ccc(NC(=O)C(C)(C)C)cc1. The second kappa shape index (κ2) is 3.82. The van der Waals surface area contributed by atoms with E-state index < -0.39 is 0 Å². The van der Waals surface area contributed by atoms with Gasteiger partial charge in [0.2, 0.25) is 5.91 Å². The van der Waals surface area contributed by atoms with Gasteiger partial charge in [0.25, 0.3) is 0 Å². The molecule has 2 nitrogen and oxygen atoms in total.